The maximum Gasteiger partial charge on any atom is 0.288 e. The van der Waals surface area contributed by atoms with Crippen LogP contribution in [0.5, 0.6) is 0 Å². The summed E-state index contributed by atoms with van der Waals surface area (Å²) >= 11 is 0. The summed E-state index contributed by atoms with van der Waals surface area (Å²) in [5, 5.41) is 3.11. The number of amides is 1. The van der Waals surface area contributed by atoms with Gasteiger partial charge in [-0.1, -0.05) is 12.1 Å². The summed E-state index contributed by atoms with van der Waals surface area (Å²) in [7, 11) is 0. The van der Waals surface area contributed by atoms with Gasteiger partial charge in [0.05, 0.1) is 0 Å². The minimum atomic E-state index is -0.400. The molecular weight excluding hydrogens is 320 g/mol. The highest BCUT2D eigenvalue weighted by Gasteiger charge is 2.10. The first-order valence-corrected chi connectivity index (χ1v) is 7.44. The molecule has 1 amide bonds. The van der Waals surface area contributed by atoms with Gasteiger partial charge in [0.15, 0.2) is 11.6 Å². The Hall–Kier alpha value is -3.75. The lowest BCUT2D eigenvalue weighted by Crippen LogP contribution is -2.31. The third-order valence-electron chi connectivity index (χ3n) is 3.26. The zero-order valence-corrected chi connectivity index (χ0v) is 13.2. The molecule has 0 saturated heterocycles. The van der Waals surface area contributed by atoms with E-state index < -0.39 is 5.91 Å². The monoisotopic (exact) mass is 336 g/mol. The molecule has 0 unspecified atom stereocenters. The molecule has 3 aromatic rings. The second-order valence-corrected chi connectivity index (χ2v) is 4.99. The highest BCUT2D eigenvalue weighted by molar-refractivity contribution is 5.93. The number of aromatic nitrogens is 4. The van der Waals surface area contributed by atoms with Crippen molar-refractivity contribution in [3.05, 3.63) is 66.5 Å². The van der Waals surface area contributed by atoms with Crippen LogP contribution >= 0.6 is 0 Å². The van der Waals surface area contributed by atoms with Crippen molar-refractivity contribution < 1.29 is 4.79 Å². The predicted octanol–water partition coefficient (Wildman–Crippen LogP) is 1.22. The summed E-state index contributed by atoms with van der Waals surface area (Å²) in [5.74, 6) is 0.338. The Morgan fingerprint density at radius 2 is 1.92 bits per heavy atom. The Morgan fingerprint density at radius 1 is 1.04 bits per heavy atom. The minimum Gasteiger partial charge on any atom is -0.393 e. The molecule has 0 saturated carbocycles. The molecule has 126 valence electrons. The Labute approximate surface area is 143 Å². The van der Waals surface area contributed by atoms with Crippen LogP contribution in [0.1, 0.15) is 16.1 Å². The van der Waals surface area contributed by atoms with Gasteiger partial charge >= 0.3 is 0 Å². The van der Waals surface area contributed by atoms with Crippen molar-refractivity contribution in [2.45, 2.75) is 6.54 Å². The highest BCUT2D eigenvalue weighted by atomic mass is 16.2. The van der Waals surface area contributed by atoms with E-state index in [0.717, 1.165) is 5.56 Å². The standard InChI is InChI=1S/C16H16N8O/c17-13-14(20-9-11-4-3-6-18-8-11)21-10-22-15(13)23-24-16(25)12-5-1-2-7-19-12/h1-8,10H,9,17H2,(H,24,25)(H2,20,21,22,23). The fourth-order valence-electron chi connectivity index (χ4n) is 2.00. The maximum absolute atomic E-state index is 12.0. The zero-order valence-electron chi connectivity index (χ0n) is 13.2. The molecule has 0 atom stereocenters. The van der Waals surface area contributed by atoms with Gasteiger partial charge in [-0.05, 0) is 23.8 Å². The molecule has 5 N–H and O–H groups in total. The molecule has 0 spiro atoms. The van der Waals surface area contributed by atoms with Gasteiger partial charge in [-0.3, -0.25) is 25.6 Å². The molecule has 0 aromatic carbocycles. The van der Waals surface area contributed by atoms with Crippen molar-refractivity contribution in [3.63, 3.8) is 0 Å². The molecule has 9 nitrogen and oxygen atoms in total. The molecule has 3 rings (SSSR count). The van der Waals surface area contributed by atoms with E-state index in [-0.39, 0.29) is 17.2 Å². The van der Waals surface area contributed by atoms with Crippen molar-refractivity contribution in [1.82, 2.24) is 25.4 Å². The summed E-state index contributed by atoms with van der Waals surface area (Å²) < 4.78 is 0. The van der Waals surface area contributed by atoms with E-state index in [9.17, 15) is 4.79 Å². The SMILES string of the molecule is Nc1c(NCc2cccnc2)ncnc1NNC(=O)c1ccccn1. The number of hydrogen-bond donors (Lipinski definition) is 4. The van der Waals surface area contributed by atoms with Gasteiger partial charge in [0.2, 0.25) is 0 Å². The molecule has 3 aromatic heterocycles. The van der Waals surface area contributed by atoms with Crippen LogP contribution in [0.3, 0.4) is 0 Å². The van der Waals surface area contributed by atoms with Crippen molar-refractivity contribution in [3.8, 4) is 0 Å². The molecule has 0 bridgehead atoms. The van der Waals surface area contributed by atoms with E-state index in [1.807, 2.05) is 12.1 Å². The first-order chi connectivity index (χ1) is 12.2. The van der Waals surface area contributed by atoms with Crippen LogP contribution in [0.4, 0.5) is 17.3 Å². The van der Waals surface area contributed by atoms with Crippen molar-refractivity contribution in [2.75, 3.05) is 16.5 Å². The molecular formula is C16H16N8O. The molecule has 0 aliphatic rings. The fraction of sp³-hybridized carbons (Fsp3) is 0.0625. The van der Waals surface area contributed by atoms with Gasteiger partial charge in [-0.2, -0.15) is 0 Å². The molecule has 25 heavy (non-hydrogen) atoms. The van der Waals surface area contributed by atoms with Crippen LogP contribution in [0.25, 0.3) is 0 Å². The lowest BCUT2D eigenvalue weighted by Gasteiger charge is -2.13. The first kappa shape index (κ1) is 16.1. The minimum absolute atomic E-state index is 0.276. The Morgan fingerprint density at radius 3 is 2.68 bits per heavy atom. The number of rotatable bonds is 6. The predicted molar refractivity (Wildman–Crippen MR) is 93.3 cm³/mol. The van der Waals surface area contributed by atoms with Crippen LogP contribution in [0, 0.1) is 0 Å². The largest absolute Gasteiger partial charge is 0.393 e. The van der Waals surface area contributed by atoms with Gasteiger partial charge in [0.25, 0.3) is 5.91 Å². The van der Waals surface area contributed by atoms with Crippen LogP contribution in [0.2, 0.25) is 0 Å². The fourth-order valence-corrected chi connectivity index (χ4v) is 2.00. The number of nitrogens with one attached hydrogen (secondary N) is 3. The lowest BCUT2D eigenvalue weighted by atomic mass is 10.3. The molecule has 0 fully saturated rings. The molecule has 3 heterocycles. The smallest absolute Gasteiger partial charge is 0.288 e. The third-order valence-corrected chi connectivity index (χ3v) is 3.26. The first-order valence-electron chi connectivity index (χ1n) is 7.44. The Balaban J connectivity index is 1.63. The van der Waals surface area contributed by atoms with Crippen molar-refractivity contribution in [1.29, 1.82) is 0 Å². The van der Waals surface area contributed by atoms with E-state index >= 15 is 0 Å². The number of nitrogens with two attached hydrogens (primary N) is 1. The summed E-state index contributed by atoms with van der Waals surface area (Å²) in [5.41, 5.74) is 12.8. The van der Waals surface area contributed by atoms with E-state index in [4.69, 9.17) is 5.73 Å². The van der Waals surface area contributed by atoms with Crippen molar-refractivity contribution in [2.24, 2.45) is 0 Å². The number of carbonyl (C=O) groups excluding carboxylic acids is 1. The van der Waals surface area contributed by atoms with E-state index in [1.165, 1.54) is 12.5 Å². The van der Waals surface area contributed by atoms with Gasteiger partial charge in [-0.25, -0.2) is 9.97 Å². The molecule has 0 radical (unpaired) electrons. The lowest BCUT2D eigenvalue weighted by molar-refractivity contribution is 0.0957. The zero-order chi connectivity index (χ0) is 17.5. The van der Waals surface area contributed by atoms with E-state index in [2.05, 4.69) is 36.1 Å². The average Bonchev–Trinajstić information content (AvgIpc) is 2.67. The van der Waals surface area contributed by atoms with Gasteiger partial charge in [0.1, 0.15) is 17.7 Å². The number of hydrogen-bond acceptors (Lipinski definition) is 8. The molecule has 9 heteroatoms. The Bertz CT molecular complexity index is 841. The van der Waals surface area contributed by atoms with Crippen molar-refractivity contribution >= 4 is 23.2 Å². The number of hydrazine groups is 1. The summed E-state index contributed by atoms with van der Waals surface area (Å²) in [6.07, 6.45) is 6.33. The van der Waals surface area contributed by atoms with E-state index in [0.29, 0.717) is 12.4 Å². The number of carbonyl (C=O) groups is 1. The maximum atomic E-state index is 12.0. The van der Waals surface area contributed by atoms with E-state index in [1.54, 1.807) is 30.6 Å². The number of anilines is 3. The second kappa shape index (κ2) is 7.68. The van der Waals surface area contributed by atoms with Crippen LogP contribution in [-0.2, 0) is 6.54 Å². The molecule has 0 aliphatic heterocycles. The molecule has 0 aliphatic carbocycles. The Kier molecular flexibility index (Phi) is 4.95. The van der Waals surface area contributed by atoms with Crippen LogP contribution < -0.4 is 21.9 Å². The van der Waals surface area contributed by atoms with Crippen LogP contribution in [0.15, 0.2) is 55.2 Å². The van der Waals surface area contributed by atoms with Gasteiger partial charge < -0.3 is 11.1 Å². The average molecular weight is 336 g/mol. The topological polar surface area (TPSA) is 131 Å². The number of pyridine rings is 2. The third kappa shape index (κ3) is 4.16. The summed E-state index contributed by atoms with van der Waals surface area (Å²) in [4.78, 5) is 28.1. The quantitative estimate of drug-likeness (QED) is 0.494. The second-order valence-electron chi connectivity index (χ2n) is 4.99. The summed E-state index contributed by atoms with van der Waals surface area (Å²) in [6.45, 7) is 0.509. The normalized spacial score (nSPS) is 10.1. The number of nitrogen functional groups attached to an aromatic ring is 1. The van der Waals surface area contributed by atoms with Gasteiger partial charge in [-0.15, -0.1) is 0 Å². The highest BCUT2D eigenvalue weighted by Crippen LogP contribution is 2.22. The van der Waals surface area contributed by atoms with Gasteiger partial charge in [0, 0.05) is 25.1 Å². The van der Waals surface area contributed by atoms with Crippen LogP contribution in [-0.4, -0.2) is 25.8 Å². The summed E-state index contributed by atoms with van der Waals surface area (Å²) in [6, 6.07) is 8.83. The number of nitrogens with zero attached hydrogens (tertiary/aromatic N) is 4.